The van der Waals surface area contributed by atoms with Crippen LogP contribution in [0.4, 0.5) is 5.69 Å². The van der Waals surface area contributed by atoms with E-state index in [4.69, 9.17) is 0 Å². The van der Waals surface area contributed by atoms with E-state index in [1.165, 1.54) is 61.4 Å². The summed E-state index contributed by atoms with van der Waals surface area (Å²) in [6.07, 6.45) is 6.86. The molecule has 4 bridgehead atoms. The third kappa shape index (κ3) is 2.51. The van der Waals surface area contributed by atoms with Crippen molar-refractivity contribution in [2.24, 2.45) is 11.8 Å². The number of piperidine rings is 2. The van der Waals surface area contributed by atoms with Gasteiger partial charge in [-0.2, -0.15) is 0 Å². The van der Waals surface area contributed by atoms with Crippen LogP contribution in [0.2, 0.25) is 0 Å². The lowest BCUT2D eigenvalue weighted by Gasteiger charge is -2.41. The first-order valence-electron chi connectivity index (χ1n) is 9.26. The Kier molecular flexibility index (Phi) is 3.37. The summed E-state index contributed by atoms with van der Waals surface area (Å²) in [5.41, 5.74) is 5.12. The first kappa shape index (κ1) is 14.5. The number of benzene rings is 1. The Morgan fingerprint density at radius 2 is 1.83 bits per heavy atom. The minimum absolute atomic E-state index is 0.672. The molecule has 2 aromatic rings. The normalized spacial score (nSPS) is 31.3. The average molecular weight is 319 g/mol. The van der Waals surface area contributed by atoms with Crippen LogP contribution in [0.5, 0.6) is 0 Å². The summed E-state index contributed by atoms with van der Waals surface area (Å²) in [5, 5.41) is 0. The maximum absolute atomic E-state index is 4.59. The van der Waals surface area contributed by atoms with Crippen LogP contribution in [0.3, 0.4) is 0 Å². The largest absolute Gasteiger partial charge is 0.366 e. The molecule has 0 aliphatic carbocycles. The van der Waals surface area contributed by atoms with Crippen LogP contribution in [0.15, 0.2) is 42.7 Å². The summed E-state index contributed by atoms with van der Waals surface area (Å²) >= 11 is 0. The van der Waals surface area contributed by atoms with Crippen LogP contribution in [0.1, 0.15) is 18.4 Å². The van der Waals surface area contributed by atoms with Gasteiger partial charge in [0, 0.05) is 44.0 Å². The number of rotatable bonds is 2. The molecule has 0 radical (unpaired) electrons. The van der Waals surface area contributed by atoms with Crippen molar-refractivity contribution in [2.45, 2.75) is 25.8 Å². The molecule has 4 unspecified atom stereocenters. The SMILES string of the molecule is Cc1cccc(-c2cncc(N3CC4CC5CC3CN(C5)C4)c2)c1. The number of hydrogen-bond acceptors (Lipinski definition) is 3. The Hall–Kier alpha value is -1.87. The van der Waals surface area contributed by atoms with Crippen molar-refractivity contribution in [2.75, 3.05) is 31.1 Å². The highest BCUT2D eigenvalue weighted by atomic mass is 15.3. The summed E-state index contributed by atoms with van der Waals surface area (Å²) < 4.78 is 0. The van der Waals surface area contributed by atoms with Crippen LogP contribution in [-0.2, 0) is 0 Å². The predicted octanol–water partition coefficient (Wildman–Crippen LogP) is 3.59. The number of pyridine rings is 1. The summed E-state index contributed by atoms with van der Waals surface area (Å²) in [6, 6.07) is 11.8. The van der Waals surface area contributed by atoms with E-state index in [1.54, 1.807) is 0 Å². The molecule has 4 fully saturated rings. The lowest BCUT2D eigenvalue weighted by molar-refractivity contribution is 0.0980. The molecule has 0 saturated carbocycles. The Balaban J connectivity index is 1.50. The van der Waals surface area contributed by atoms with Gasteiger partial charge in [-0.05, 0) is 43.2 Å². The average Bonchev–Trinajstić information content (AvgIpc) is 2.78. The van der Waals surface area contributed by atoms with Crippen LogP contribution < -0.4 is 4.90 Å². The fraction of sp³-hybridized carbons (Fsp3) is 0.476. The van der Waals surface area contributed by atoms with Gasteiger partial charge in [0.1, 0.15) is 0 Å². The molecule has 3 nitrogen and oxygen atoms in total. The molecule has 24 heavy (non-hydrogen) atoms. The fourth-order valence-corrected chi connectivity index (χ4v) is 5.17. The van der Waals surface area contributed by atoms with Crippen molar-refractivity contribution in [3.63, 3.8) is 0 Å². The Morgan fingerprint density at radius 1 is 0.917 bits per heavy atom. The van der Waals surface area contributed by atoms with Gasteiger partial charge in [0.2, 0.25) is 0 Å². The molecule has 5 heterocycles. The van der Waals surface area contributed by atoms with E-state index in [-0.39, 0.29) is 0 Å². The van der Waals surface area contributed by atoms with Crippen LogP contribution in [-0.4, -0.2) is 42.1 Å². The maximum Gasteiger partial charge on any atom is 0.0562 e. The molecule has 1 aromatic heterocycles. The van der Waals surface area contributed by atoms with E-state index in [2.05, 4.69) is 58.2 Å². The van der Waals surface area contributed by atoms with Gasteiger partial charge in [-0.1, -0.05) is 29.8 Å². The minimum Gasteiger partial charge on any atom is -0.366 e. The van der Waals surface area contributed by atoms with E-state index < -0.39 is 0 Å². The number of hydrogen-bond donors (Lipinski definition) is 0. The molecule has 1 aromatic carbocycles. The predicted molar refractivity (Wildman–Crippen MR) is 98.2 cm³/mol. The van der Waals surface area contributed by atoms with Crippen molar-refractivity contribution < 1.29 is 0 Å². The highest BCUT2D eigenvalue weighted by Crippen LogP contribution is 2.39. The van der Waals surface area contributed by atoms with Gasteiger partial charge in [-0.15, -0.1) is 0 Å². The second kappa shape index (κ2) is 5.59. The third-order valence-corrected chi connectivity index (χ3v) is 6.08. The highest BCUT2D eigenvalue weighted by molar-refractivity contribution is 5.68. The number of nitrogens with zero attached hydrogens (tertiary/aromatic N) is 3. The molecule has 4 atom stereocenters. The maximum atomic E-state index is 4.59. The Bertz CT molecular complexity index is 742. The molecule has 6 rings (SSSR count). The molecule has 3 heteroatoms. The molecule has 0 spiro atoms. The molecule has 4 aliphatic rings. The monoisotopic (exact) mass is 319 g/mol. The van der Waals surface area contributed by atoms with Gasteiger partial charge < -0.3 is 9.80 Å². The smallest absolute Gasteiger partial charge is 0.0562 e. The number of anilines is 1. The Morgan fingerprint density at radius 3 is 2.71 bits per heavy atom. The third-order valence-electron chi connectivity index (χ3n) is 6.08. The minimum atomic E-state index is 0.672. The standard InChI is InChI=1S/C21H25N3/c1-15-3-2-4-18(5-15)19-8-20(10-22-9-19)24-13-17-6-16-7-21(24)14-23(11-16)12-17/h2-5,8-10,16-17,21H,6-7,11-14H2,1H3. The molecule has 4 saturated heterocycles. The highest BCUT2D eigenvalue weighted by Gasteiger charge is 2.41. The van der Waals surface area contributed by atoms with Gasteiger partial charge in [0.25, 0.3) is 0 Å². The lowest BCUT2D eigenvalue weighted by Crippen LogP contribution is -2.49. The van der Waals surface area contributed by atoms with Crippen molar-refractivity contribution in [1.29, 1.82) is 0 Å². The zero-order valence-electron chi connectivity index (χ0n) is 14.4. The molecular formula is C21H25N3. The van der Waals surface area contributed by atoms with Gasteiger partial charge >= 0.3 is 0 Å². The zero-order valence-corrected chi connectivity index (χ0v) is 14.4. The quantitative estimate of drug-likeness (QED) is 0.843. The van der Waals surface area contributed by atoms with Crippen molar-refractivity contribution in [3.05, 3.63) is 48.3 Å². The second-order valence-electron chi connectivity index (χ2n) is 8.03. The van der Waals surface area contributed by atoms with E-state index >= 15 is 0 Å². The number of aryl methyl sites for hydroxylation is 1. The topological polar surface area (TPSA) is 19.4 Å². The number of fused-ring (bicyclic) bond motifs is 1. The van der Waals surface area contributed by atoms with E-state index in [9.17, 15) is 0 Å². The molecule has 0 N–H and O–H groups in total. The van der Waals surface area contributed by atoms with Gasteiger partial charge in [-0.3, -0.25) is 4.98 Å². The molecule has 0 amide bonds. The van der Waals surface area contributed by atoms with Gasteiger partial charge in [0.05, 0.1) is 11.9 Å². The van der Waals surface area contributed by atoms with Crippen molar-refractivity contribution in [3.8, 4) is 11.1 Å². The Labute approximate surface area is 144 Å². The van der Waals surface area contributed by atoms with Crippen LogP contribution in [0, 0.1) is 18.8 Å². The zero-order chi connectivity index (χ0) is 16.1. The lowest BCUT2D eigenvalue weighted by atomic mass is 9.84. The first-order chi connectivity index (χ1) is 11.7. The van der Waals surface area contributed by atoms with Crippen molar-refractivity contribution >= 4 is 5.69 Å². The summed E-state index contributed by atoms with van der Waals surface area (Å²) in [4.78, 5) is 9.95. The van der Waals surface area contributed by atoms with Gasteiger partial charge in [-0.25, -0.2) is 0 Å². The summed E-state index contributed by atoms with van der Waals surface area (Å²) in [7, 11) is 0. The molecular weight excluding hydrogens is 294 g/mol. The fourth-order valence-electron chi connectivity index (χ4n) is 5.17. The first-order valence-corrected chi connectivity index (χ1v) is 9.26. The van der Waals surface area contributed by atoms with E-state index in [0.717, 1.165) is 11.8 Å². The van der Waals surface area contributed by atoms with E-state index in [1.807, 2.05) is 6.20 Å². The van der Waals surface area contributed by atoms with Gasteiger partial charge in [0.15, 0.2) is 0 Å². The molecule has 4 aliphatic heterocycles. The number of aromatic nitrogens is 1. The van der Waals surface area contributed by atoms with Crippen LogP contribution in [0.25, 0.3) is 11.1 Å². The summed E-state index contributed by atoms with van der Waals surface area (Å²) in [5.74, 6) is 1.75. The second-order valence-corrected chi connectivity index (χ2v) is 8.03. The van der Waals surface area contributed by atoms with Crippen molar-refractivity contribution in [1.82, 2.24) is 9.88 Å². The summed E-state index contributed by atoms with van der Waals surface area (Å²) in [6.45, 7) is 7.23. The molecule has 124 valence electrons. The van der Waals surface area contributed by atoms with E-state index in [0.29, 0.717) is 6.04 Å². The van der Waals surface area contributed by atoms with Crippen LogP contribution >= 0.6 is 0 Å².